The van der Waals surface area contributed by atoms with Gasteiger partial charge in [-0.15, -0.1) is 0 Å². The van der Waals surface area contributed by atoms with Crippen molar-refractivity contribution in [3.63, 3.8) is 0 Å². The van der Waals surface area contributed by atoms with E-state index in [2.05, 4.69) is 47.4 Å². The molecule has 0 saturated carbocycles. The third kappa shape index (κ3) is 3.26. The third-order valence-electron chi connectivity index (χ3n) is 5.03. The van der Waals surface area contributed by atoms with Crippen molar-refractivity contribution in [3.8, 4) is 11.5 Å². The highest BCUT2D eigenvalue weighted by Gasteiger charge is 2.27. The van der Waals surface area contributed by atoms with E-state index >= 15 is 0 Å². The lowest BCUT2D eigenvalue weighted by atomic mass is 9.93. The Morgan fingerprint density at radius 1 is 0.962 bits per heavy atom. The van der Waals surface area contributed by atoms with Crippen LogP contribution in [0.25, 0.3) is 10.8 Å². The smallest absolute Gasteiger partial charge is 0.120 e. The summed E-state index contributed by atoms with van der Waals surface area (Å²) in [5.41, 5.74) is 2.02. The van der Waals surface area contributed by atoms with E-state index in [1.807, 2.05) is 6.07 Å². The van der Waals surface area contributed by atoms with Crippen LogP contribution in [0.4, 0.5) is 0 Å². The van der Waals surface area contributed by atoms with E-state index in [1.165, 1.54) is 10.8 Å². The highest BCUT2D eigenvalue weighted by molar-refractivity contribution is 5.83. The van der Waals surface area contributed by atoms with Crippen molar-refractivity contribution in [2.45, 2.75) is 6.04 Å². The molecule has 0 aliphatic carbocycles. The van der Waals surface area contributed by atoms with E-state index < -0.39 is 0 Å². The lowest BCUT2D eigenvalue weighted by Crippen LogP contribution is -2.39. The second-order valence-corrected chi connectivity index (χ2v) is 6.58. The molecule has 1 heterocycles. The monoisotopic (exact) mass is 349 g/mol. The number of nitrogens with zero attached hydrogens (tertiary/aromatic N) is 1. The van der Waals surface area contributed by atoms with Crippen LogP contribution < -0.4 is 4.74 Å². The average molecular weight is 349 g/mol. The van der Waals surface area contributed by atoms with E-state index in [1.54, 1.807) is 19.2 Å². The quantitative estimate of drug-likeness (QED) is 0.774. The van der Waals surface area contributed by atoms with Gasteiger partial charge in [-0.1, -0.05) is 36.4 Å². The molecular formula is C22H23NO3. The molecule has 0 bridgehead atoms. The van der Waals surface area contributed by atoms with E-state index in [0.717, 1.165) is 30.0 Å². The van der Waals surface area contributed by atoms with Crippen LogP contribution in [-0.2, 0) is 4.74 Å². The topological polar surface area (TPSA) is 41.9 Å². The minimum atomic E-state index is -0.0430. The molecule has 1 aliphatic heterocycles. The van der Waals surface area contributed by atoms with Crippen molar-refractivity contribution in [1.82, 2.24) is 4.90 Å². The van der Waals surface area contributed by atoms with Crippen LogP contribution in [0.1, 0.15) is 17.2 Å². The summed E-state index contributed by atoms with van der Waals surface area (Å²) in [4.78, 5) is 2.36. The summed E-state index contributed by atoms with van der Waals surface area (Å²) in [7, 11) is 1.65. The normalized spacial score (nSPS) is 16.5. The van der Waals surface area contributed by atoms with Crippen molar-refractivity contribution in [2.75, 3.05) is 33.4 Å². The molecule has 26 heavy (non-hydrogen) atoms. The zero-order valence-electron chi connectivity index (χ0n) is 14.9. The Balaban J connectivity index is 1.84. The standard InChI is InChI=1S/C22H23NO3/c1-25-19-8-9-21(24)20(15-19)22(23-10-12-26-13-11-23)18-7-6-16-4-2-3-5-17(16)14-18/h2-9,14-15,22,24H,10-13H2,1H3. The van der Waals surface area contributed by atoms with Gasteiger partial charge >= 0.3 is 0 Å². The van der Waals surface area contributed by atoms with Crippen molar-refractivity contribution in [3.05, 3.63) is 71.8 Å². The molecule has 1 atom stereocenters. The van der Waals surface area contributed by atoms with Crippen LogP contribution in [-0.4, -0.2) is 43.4 Å². The molecule has 1 unspecified atom stereocenters. The number of morpholine rings is 1. The van der Waals surface area contributed by atoms with Gasteiger partial charge in [0.15, 0.2) is 0 Å². The Labute approximate surface area is 153 Å². The Bertz CT molecular complexity index is 903. The molecule has 4 heteroatoms. The van der Waals surface area contributed by atoms with Gasteiger partial charge in [-0.3, -0.25) is 4.90 Å². The number of phenolic OH excluding ortho intramolecular Hbond substituents is 1. The second-order valence-electron chi connectivity index (χ2n) is 6.58. The fourth-order valence-corrected chi connectivity index (χ4v) is 3.68. The van der Waals surface area contributed by atoms with Gasteiger partial charge in [0, 0.05) is 18.7 Å². The Hall–Kier alpha value is -2.56. The number of ether oxygens (including phenoxy) is 2. The summed E-state index contributed by atoms with van der Waals surface area (Å²) < 4.78 is 10.9. The van der Waals surface area contributed by atoms with Crippen LogP contribution in [0.2, 0.25) is 0 Å². The number of methoxy groups -OCH3 is 1. The molecular weight excluding hydrogens is 326 g/mol. The summed E-state index contributed by atoms with van der Waals surface area (Å²) in [6.45, 7) is 3.06. The van der Waals surface area contributed by atoms with Crippen molar-refractivity contribution in [1.29, 1.82) is 0 Å². The van der Waals surface area contributed by atoms with E-state index in [9.17, 15) is 5.11 Å². The Kier molecular flexibility index (Phi) is 4.78. The zero-order chi connectivity index (χ0) is 17.9. The molecule has 4 nitrogen and oxygen atoms in total. The Morgan fingerprint density at radius 2 is 1.73 bits per heavy atom. The molecule has 0 amide bonds. The predicted molar refractivity (Wildman–Crippen MR) is 103 cm³/mol. The summed E-state index contributed by atoms with van der Waals surface area (Å²) in [5.74, 6) is 1.03. The maximum absolute atomic E-state index is 10.6. The largest absolute Gasteiger partial charge is 0.508 e. The summed E-state index contributed by atoms with van der Waals surface area (Å²) >= 11 is 0. The minimum Gasteiger partial charge on any atom is -0.508 e. The number of hydrogen-bond acceptors (Lipinski definition) is 4. The predicted octanol–water partition coefficient (Wildman–Crippen LogP) is 3.98. The first-order chi connectivity index (χ1) is 12.8. The van der Waals surface area contributed by atoms with Crippen LogP contribution in [0.15, 0.2) is 60.7 Å². The maximum Gasteiger partial charge on any atom is 0.120 e. The number of phenols is 1. The molecule has 1 aliphatic rings. The number of rotatable bonds is 4. The second kappa shape index (κ2) is 7.36. The first kappa shape index (κ1) is 16.9. The minimum absolute atomic E-state index is 0.0430. The molecule has 3 aromatic rings. The Morgan fingerprint density at radius 3 is 2.50 bits per heavy atom. The molecule has 1 N–H and O–H groups in total. The van der Waals surface area contributed by atoms with Crippen LogP contribution in [0, 0.1) is 0 Å². The van der Waals surface area contributed by atoms with Crippen molar-refractivity contribution < 1.29 is 14.6 Å². The van der Waals surface area contributed by atoms with Crippen LogP contribution in [0.3, 0.4) is 0 Å². The molecule has 134 valence electrons. The van der Waals surface area contributed by atoms with Crippen LogP contribution >= 0.6 is 0 Å². The molecule has 1 saturated heterocycles. The van der Waals surface area contributed by atoms with Gasteiger partial charge in [0.2, 0.25) is 0 Å². The maximum atomic E-state index is 10.6. The fraction of sp³-hybridized carbons (Fsp3) is 0.273. The van der Waals surface area contributed by atoms with Gasteiger partial charge in [0.1, 0.15) is 11.5 Å². The number of benzene rings is 3. The average Bonchev–Trinajstić information content (AvgIpc) is 2.70. The van der Waals surface area contributed by atoms with Gasteiger partial charge < -0.3 is 14.6 Å². The lowest BCUT2D eigenvalue weighted by molar-refractivity contribution is 0.0235. The molecule has 0 spiro atoms. The zero-order valence-corrected chi connectivity index (χ0v) is 14.9. The molecule has 4 rings (SSSR count). The molecule has 1 fully saturated rings. The number of hydrogen-bond donors (Lipinski definition) is 1. The van der Waals surface area contributed by atoms with Gasteiger partial charge in [0.05, 0.1) is 26.4 Å². The third-order valence-corrected chi connectivity index (χ3v) is 5.03. The van der Waals surface area contributed by atoms with Crippen LogP contribution in [0.5, 0.6) is 11.5 Å². The first-order valence-corrected chi connectivity index (χ1v) is 8.93. The lowest BCUT2D eigenvalue weighted by Gasteiger charge is -2.35. The number of aromatic hydroxyl groups is 1. The summed E-state index contributed by atoms with van der Waals surface area (Å²) in [6.07, 6.45) is 0. The van der Waals surface area contributed by atoms with E-state index in [4.69, 9.17) is 9.47 Å². The summed E-state index contributed by atoms with van der Waals surface area (Å²) in [5, 5.41) is 13.0. The van der Waals surface area contributed by atoms with E-state index in [0.29, 0.717) is 13.2 Å². The SMILES string of the molecule is COc1ccc(O)c(C(c2ccc3ccccc3c2)N2CCOCC2)c1. The molecule has 0 aromatic heterocycles. The van der Waals surface area contributed by atoms with Gasteiger partial charge in [-0.25, -0.2) is 0 Å². The fourth-order valence-electron chi connectivity index (χ4n) is 3.68. The summed E-state index contributed by atoms with van der Waals surface area (Å²) in [6, 6.07) is 20.3. The van der Waals surface area contributed by atoms with E-state index in [-0.39, 0.29) is 11.8 Å². The van der Waals surface area contributed by atoms with Gasteiger partial charge in [0.25, 0.3) is 0 Å². The van der Waals surface area contributed by atoms with Crippen molar-refractivity contribution in [2.24, 2.45) is 0 Å². The highest BCUT2D eigenvalue weighted by Crippen LogP contribution is 2.37. The molecule has 0 radical (unpaired) electrons. The number of fused-ring (bicyclic) bond motifs is 1. The van der Waals surface area contributed by atoms with Gasteiger partial charge in [-0.05, 0) is 40.6 Å². The highest BCUT2D eigenvalue weighted by atomic mass is 16.5. The first-order valence-electron chi connectivity index (χ1n) is 8.93. The molecule has 3 aromatic carbocycles. The van der Waals surface area contributed by atoms with Gasteiger partial charge in [-0.2, -0.15) is 0 Å². The van der Waals surface area contributed by atoms with Crippen molar-refractivity contribution >= 4 is 10.8 Å².